The molecule has 1 aromatic heterocycles. The van der Waals surface area contributed by atoms with E-state index in [9.17, 15) is 14.0 Å². The molecule has 28 heavy (non-hydrogen) atoms. The van der Waals surface area contributed by atoms with Gasteiger partial charge in [0.2, 0.25) is 0 Å². The summed E-state index contributed by atoms with van der Waals surface area (Å²) >= 11 is 0. The molecule has 0 aliphatic carbocycles. The average molecular weight is 389 g/mol. The number of carbonyl (C=O) groups is 2. The van der Waals surface area contributed by atoms with Gasteiger partial charge in [0, 0.05) is 18.1 Å². The molecule has 1 atom stereocenters. The molecule has 150 valence electrons. The van der Waals surface area contributed by atoms with E-state index < -0.39 is 17.3 Å². The molecule has 1 fully saturated rings. The lowest BCUT2D eigenvalue weighted by Gasteiger charge is -2.34. The summed E-state index contributed by atoms with van der Waals surface area (Å²) in [5, 5.41) is 0.444. The van der Waals surface area contributed by atoms with Crippen LogP contribution in [-0.4, -0.2) is 46.7 Å². The third-order valence-electron chi connectivity index (χ3n) is 4.38. The monoisotopic (exact) mass is 389 g/mol. The molecule has 0 saturated carbocycles. The fourth-order valence-electron chi connectivity index (χ4n) is 3.14. The number of aromatic nitrogens is 1. The largest absolute Gasteiger partial charge is 0.488 e. The number of piperidine rings is 1. The van der Waals surface area contributed by atoms with Crippen molar-refractivity contribution in [2.75, 3.05) is 13.1 Å². The Bertz CT molecular complexity index is 910. The van der Waals surface area contributed by atoms with Gasteiger partial charge in [-0.1, -0.05) is 0 Å². The Labute approximate surface area is 162 Å². The van der Waals surface area contributed by atoms with Crippen LogP contribution in [0.2, 0.25) is 0 Å². The van der Waals surface area contributed by atoms with Crippen LogP contribution in [0.3, 0.4) is 0 Å². The Balaban J connectivity index is 1.79. The fourth-order valence-corrected chi connectivity index (χ4v) is 3.14. The molecule has 1 saturated heterocycles. The molecule has 2 aromatic rings. The lowest BCUT2D eigenvalue weighted by molar-refractivity contribution is 0.00793. The van der Waals surface area contributed by atoms with Crippen molar-refractivity contribution in [1.82, 2.24) is 9.88 Å². The van der Waals surface area contributed by atoms with Gasteiger partial charge in [0.25, 0.3) is 5.91 Å². The zero-order valence-electron chi connectivity index (χ0n) is 16.2. The van der Waals surface area contributed by atoms with Crippen molar-refractivity contribution in [2.45, 2.75) is 45.3 Å². The molecule has 2 N–H and O–H groups in total. The molecule has 3 rings (SSSR count). The highest BCUT2D eigenvalue weighted by Gasteiger charge is 2.29. The molecule has 0 bridgehead atoms. The van der Waals surface area contributed by atoms with Crippen LogP contribution in [0, 0.1) is 5.82 Å². The van der Waals surface area contributed by atoms with Gasteiger partial charge in [-0.15, -0.1) is 0 Å². The number of primary amides is 1. The minimum Gasteiger partial charge on any atom is -0.488 e. The summed E-state index contributed by atoms with van der Waals surface area (Å²) < 4.78 is 25.7. The first-order valence-electron chi connectivity index (χ1n) is 9.17. The van der Waals surface area contributed by atoms with E-state index in [2.05, 4.69) is 4.98 Å². The number of halogens is 1. The van der Waals surface area contributed by atoms with Gasteiger partial charge in [-0.05, 0) is 51.8 Å². The summed E-state index contributed by atoms with van der Waals surface area (Å²) in [5.41, 5.74) is 4.82. The van der Waals surface area contributed by atoms with Gasteiger partial charge in [-0.25, -0.2) is 9.18 Å². The highest BCUT2D eigenvalue weighted by atomic mass is 19.1. The van der Waals surface area contributed by atoms with Crippen LogP contribution >= 0.6 is 0 Å². The predicted molar refractivity (Wildman–Crippen MR) is 102 cm³/mol. The second-order valence-corrected chi connectivity index (χ2v) is 7.83. The van der Waals surface area contributed by atoms with Crippen LogP contribution in [0.15, 0.2) is 24.4 Å². The van der Waals surface area contributed by atoms with Crippen LogP contribution in [0.1, 0.15) is 44.0 Å². The first kappa shape index (κ1) is 19.9. The normalized spacial score (nSPS) is 17.4. The van der Waals surface area contributed by atoms with Crippen LogP contribution in [0.5, 0.6) is 5.75 Å². The van der Waals surface area contributed by atoms with Gasteiger partial charge in [-0.3, -0.25) is 9.78 Å². The summed E-state index contributed by atoms with van der Waals surface area (Å²) in [7, 11) is 0. The van der Waals surface area contributed by atoms with Crippen LogP contribution in [-0.2, 0) is 4.74 Å². The van der Waals surface area contributed by atoms with E-state index in [4.69, 9.17) is 15.2 Å². The molecular weight excluding hydrogens is 365 g/mol. The molecule has 2 heterocycles. The molecule has 0 radical (unpaired) electrons. The number of rotatable bonds is 3. The van der Waals surface area contributed by atoms with Gasteiger partial charge in [0.1, 0.15) is 23.3 Å². The van der Waals surface area contributed by atoms with Gasteiger partial charge in [-0.2, -0.15) is 0 Å². The molecule has 0 spiro atoms. The van der Waals surface area contributed by atoms with Gasteiger partial charge < -0.3 is 20.1 Å². The van der Waals surface area contributed by atoms with E-state index in [-0.39, 0.29) is 17.8 Å². The highest BCUT2D eigenvalue weighted by Crippen LogP contribution is 2.29. The Hall–Kier alpha value is -2.90. The van der Waals surface area contributed by atoms with Gasteiger partial charge in [0.15, 0.2) is 0 Å². The number of ether oxygens (including phenoxy) is 2. The molecule has 2 amide bonds. The number of benzene rings is 1. The molecule has 1 aromatic carbocycles. The molecule has 1 aliphatic heterocycles. The van der Waals surface area contributed by atoms with E-state index in [0.29, 0.717) is 29.7 Å². The first-order chi connectivity index (χ1) is 13.1. The van der Waals surface area contributed by atoms with Crippen molar-refractivity contribution in [3.05, 3.63) is 35.8 Å². The quantitative estimate of drug-likeness (QED) is 0.869. The smallest absolute Gasteiger partial charge is 0.410 e. The summed E-state index contributed by atoms with van der Waals surface area (Å²) in [6.07, 6.45) is 2.41. The first-order valence-corrected chi connectivity index (χ1v) is 9.17. The number of nitrogens with two attached hydrogens (primary N) is 1. The molecular formula is C20H24FN3O4. The van der Waals surface area contributed by atoms with Crippen LogP contribution in [0.25, 0.3) is 10.9 Å². The Morgan fingerprint density at radius 1 is 1.32 bits per heavy atom. The number of hydrogen-bond acceptors (Lipinski definition) is 5. The number of likely N-dealkylation sites (tertiary alicyclic amines) is 1. The summed E-state index contributed by atoms with van der Waals surface area (Å²) in [5.74, 6) is -1.14. The maximum atomic E-state index is 14.2. The predicted octanol–water partition coefficient (Wildman–Crippen LogP) is 3.25. The lowest BCUT2D eigenvalue weighted by atomic mass is 10.1. The lowest BCUT2D eigenvalue weighted by Crippen LogP contribution is -2.46. The van der Waals surface area contributed by atoms with Crippen LogP contribution in [0.4, 0.5) is 9.18 Å². The summed E-state index contributed by atoms with van der Waals surface area (Å²) in [6.45, 7) is 6.44. The SMILES string of the molecule is CC(C)(C)OC(=O)N1CCCC(Oc2ccnc3cc(C(N)=O)c(F)cc23)C1. The second kappa shape index (κ2) is 7.61. The van der Waals surface area contributed by atoms with E-state index >= 15 is 0 Å². The molecule has 7 nitrogen and oxygen atoms in total. The fraction of sp³-hybridized carbons (Fsp3) is 0.450. The third-order valence-corrected chi connectivity index (χ3v) is 4.38. The number of pyridine rings is 1. The Morgan fingerprint density at radius 2 is 2.07 bits per heavy atom. The second-order valence-electron chi connectivity index (χ2n) is 7.83. The van der Waals surface area contributed by atoms with Crippen molar-refractivity contribution >= 4 is 22.9 Å². The Kier molecular flexibility index (Phi) is 5.40. The van der Waals surface area contributed by atoms with E-state index in [1.54, 1.807) is 11.0 Å². The van der Waals surface area contributed by atoms with Crippen molar-refractivity contribution in [2.24, 2.45) is 5.73 Å². The minimum atomic E-state index is -0.854. The highest BCUT2D eigenvalue weighted by molar-refractivity contribution is 5.98. The summed E-state index contributed by atoms with van der Waals surface area (Å²) in [4.78, 5) is 29.4. The van der Waals surface area contributed by atoms with Crippen molar-refractivity contribution in [3.8, 4) is 5.75 Å². The zero-order valence-corrected chi connectivity index (χ0v) is 16.2. The maximum absolute atomic E-state index is 14.2. The maximum Gasteiger partial charge on any atom is 0.410 e. The average Bonchev–Trinajstić information content (AvgIpc) is 2.60. The van der Waals surface area contributed by atoms with E-state index in [1.807, 2.05) is 20.8 Å². The third kappa shape index (κ3) is 4.49. The van der Waals surface area contributed by atoms with Crippen molar-refractivity contribution in [3.63, 3.8) is 0 Å². The van der Waals surface area contributed by atoms with Gasteiger partial charge >= 0.3 is 6.09 Å². The number of amides is 2. The topological polar surface area (TPSA) is 94.8 Å². The van der Waals surface area contributed by atoms with Crippen molar-refractivity contribution in [1.29, 1.82) is 0 Å². The number of hydrogen-bond donors (Lipinski definition) is 1. The van der Waals surface area contributed by atoms with Crippen LogP contribution < -0.4 is 10.5 Å². The molecule has 1 aliphatic rings. The number of carbonyl (C=O) groups excluding carboxylic acids is 2. The molecule has 8 heteroatoms. The Morgan fingerprint density at radius 3 is 2.75 bits per heavy atom. The van der Waals surface area contributed by atoms with Gasteiger partial charge in [0.05, 0.1) is 17.6 Å². The van der Waals surface area contributed by atoms with E-state index in [1.165, 1.54) is 18.3 Å². The number of fused-ring (bicyclic) bond motifs is 1. The van der Waals surface area contributed by atoms with E-state index in [0.717, 1.165) is 12.8 Å². The molecule has 1 unspecified atom stereocenters. The standard InChI is InChI=1S/C20H24FN3O4/c1-20(2,3)28-19(26)24-8-4-5-12(11-24)27-17-6-7-23-16-10-13(18(22)25)15(21)9-14(16)17/h6-7,9-10,12H,4-5,8,11H2,1-3H3,(H2,22,25). The number of nitrogens with zero attached hydrogens (tertiary/aromatic N) is 2. The summed E-state index contributed by atoms with van der Waals surface area (Å²) in [6, 6.07) is 4.15. The minimum absolute atomic E-state index is 0.217. The van der Waals surface area contributed by atoms with Crippen molar-refractivity contribution < 1.29 is 23.5 Å². The zero-order chi connectivity index (χ0) is 20.5.